The smallest absolute Gasteiger partial charge is 0.268 e. The van der Waals surface area contributed by atoms with E-state index in [2.05, 4.69) is 15.2 Å². The second-order valence-electron chi connectivity index (χ2n) is 5.82. The van der Waals surface area contributed by atoms with Crippen molar-refractivity contribution in [1.82, 2.24) is 15.2 Å². The van der Waals surface area contributed by atoms with E-state index in [1.807, 2.05) is 42.5 Å². The Labute approximate surface area is 149 Å². The molecule has 1 amide bonds. The number of aromatic amines is 1. The van der Waals surface area contributed by atoms with Crippen molar-refractivity contribution >= 4 is 37.6 Å². The van der Waals surface area contributed by atoms with Crippen LogP contribution in [0, 0.1) is 0 Å². The van der Waals surface area contributed by atoms with Crippen molar-refractivity contribution in [2.24, 2.45) is 0 Å². The molecule has 0 saturated carbocycles. The van der Waals surface area contributed by atoms with Gasteiger partial charge in [-0.3, -0.25) is 10.2 Å². The monoisotopic (exact) mass is 365 g/mol. The van der Waals surface area contributed by atoms with Crippen LogP contribution in [0.2, 0.25) is 0 Å². The number of para-hydroxylation sites is 1. The van der Waals surface area contributed by atoms with Crippen LogP contribution in [0.25, 0.3) is 21.7 Å². The largest absolute Gasteiger partial charge is 0.360 e. The number of carbonyl (C=O) groups is 1. The topological polar surface area (TPSA) is 91.1 Å². The SMILES string of the molecule is O=C(NNS(=O)(=O)c1ccc2ccccc2c1)c1c[nH]c2ccccc12. The molecule has 0 atom stereocenters. The lowest BCUT2D eigenvalue weighted by Gasteiger charge is -2.09. The predicted octanol–water partition coefficient (Wildman–Crippen LogP) is 2.94. The third-order valence-electron chi connectivity index (χ3n) is 4.16. The fourth-order valence-electron chi connectivity index (χ4n) is 2.83. The average molecular weight is 365 g/mol. The van der Waals surface area contributed by atoms with E-state index in [1.54, 1.807) is 24.4 Å². The maximum atomic E-state index is 12.5. The Morgan fingerprint density at radius 3 is 2.46 bits per heavy atom. The maximum absolute atomic E-state index is 12.5. The van der Waals surface area contributed by atoms with Gasteiger partial charge in [-0.05, 0) is 29.0 Å². The lowest BCUT2D eigenvalue weighted by atomic mass is 10.1. The number of fused-ring (bicyclic) bond motifs is 2. The minimum absolute atomic E-state index is 0.0791. The van der Waals surface area contributed by atoms with Gasteiger partial charge in [-0.2, -0.15) is 0 Å². The van der Waals surface area contributed by atoms with Crippen LogP contribution in [0.4, 0.5) is 0 Å². The molecule has 4 rings (SSSR count). The summed E-state index contributed by atoms with van der Waals surface area (Å²) >= 11 is 0. The molecular weight excluding hydrogens is 350 g/mol. The molecule has 130 valence electrons. The van der Waals surface area contributed by atoms with Gasteiger partial charge >= 0.3 is 0 Å². The summed E-state index contributed by atoms with van der Waals surface area (Å²) in [6.07, 6.45) is 1.55. The van der Waals surface area contributed by atoms with Crippen LogP contribution in [0.3, 0.4) is 0 Å². The Kier molecular flexibility index (Phi) is 3.95. The summed E-state index contributed by atoms with van der Waals surface area (Å²) in [6.45, 7) is 0. The molecular formula is C19H15N3O3S. The molecule has 0 unspecified atom stereocenters. The number of carbonyl (C=O) groups excluding carboxylic acids is 1. The molecule has 6 nitrogen and oxygen atoms in total. The molecule has 1 heterocycles. The number of hydrogen-bond acceptors (Lipinski definition) is 3. The van der Waals surface area contributed by atoms with Gasteiger partial charge in [0, 0.05) is 17.1 Å². The molecule has 0 bridgehead atoms. The van der Waals surface area contributed by atoms with Gasteiger partial charge < -0.3 is 4.98 Å². The number of nitrogens with one attached hydrogen (secondary N) is 3. The zero-order chi connectivity index (χ0) is 18.1. The number of hydrazine groups is 1. The number of hydrogen-bond donors (Lipinski definition) is 3. The zero-order valence-electron chi connectivity index (χ0n) is 13.6. The highest BCUT2D eigenvalue weighted by Gasteiger charge is 2.17. The lowest BCUT2D eigenvalue weighted by molar-refractivity contribution is 0.0947. The Morgan fingerprint density at radius 2 is 1.62 bits per heavy atom. The summed E-state index contributed by atoms with van der Waals surface area (Å²) in [4.78, 5) is 17.6. The Hall–Kier alpha value is -3.16. The number of amides is 1. The van der Waals surface area contributed by atoms with Crippen molar-refractivity contribution in [3.63, 3.8) is 0 Å². The van der Waals surface area contributed by atoms with Gasteiger partial charge in [-0.1, -0.05) is 48.5 Å². The quantitative estimate of drug-likeness (QED) is 0.486. The Bertz CT molecular complexity index is 1230. The minimum Gasteiger partial charge on any atom is -0.360 e. The second-order valence-corrected chi connectivity index (χ2v) is 7.50. The molecule has 26 heavy (non-hydrogen) atoms. The van der Waals surface area contributed by atoms with Gasteiger partial charge in [0.15, 0.2) is 0 Å². The molecule has 4 aromatic rings. The van der Waals surface area contributed by atoms with Gasteiger partial charge in [0.2, 0.25) is 0 Å². The van der Waals surface area contributed by atoms with Gasteiger partial charge in [0.05, 0.1) is 10.5 Å². The molecule has 0 aliphatic carbocycles. The van der Waals surface area contributed by atoms with Crippen LogP contribution in [0.1, 0.15) is 10.4 Å². The summed E-state index contributed by atoms with van der Waals surface area (Å²) in [5.74, 6) is -0.535. The molecule has 0 aliphatic rings. The van der Waals surface area contributed by atoms with E-state index in [9.17, 15) is 13.2 Å². The fraction of sp³-hybridized carbons (Fsp3) is 0. The number of sulfonamides is 1. The van der Waals surface area contributed by atoms with Crippen LogP contribution in [0.15, 0.2) is 77.8 Å². The molecule has 3 N–H and O–H groups in total. The van der Waals surface area contributed by atoms with Crippen LogP contribution < -0.4 is 10.3 Å². The Balaban J connectivity index is 1.56. The van der Waals surface area contributed by atoms with E-state index >= 15 is 0 Å². The average Bonchev–Trinajstić information content (AvgIpc) is 3.10. The van der Waals surface area contributed by atoms with Crippen molar-refractivity contribution in [1.29, 1.82) is 0 Å². The van der Waals surface area contributed by atoms with E-state index in [4.69, 9.17) is 0 Å². The first-order chi connectivity index (χ1) is 12.5. The highest BCUT2D eigenvalue weighted by Crippen LogP contribution is 2.19. The summed E-state index contributed by atoms with van der Waals surface area (Å²) in [6, 6.07) is 19.5. The normalized spacial score (nSPS) is 11.7. The van der Waals surface area contributed by atoms with Gasteiger partial charge in [-0.15, -0.1) is 4.83 Å². The number of H-pyrrole nitrogens is 1. The molecule has 0 radical (unpaired) electrons. The van der Waals surface area contributed by atoms with E-state index in [0.717, 1.165) is 21.7 Å². The number of benzene rings is 3. The predicted molar refractivity (Wildman–Crippen MR) is 100 cm³/mol. The Morgan fingerprint density at radius 1 is 0.885 bits per heavy atom. The summed E-state index contributed by atoms with van der Waals surface area (Å²) in [5, 5.41) is 2.46. The van der Waals surface area contributed by atoms with Gasteiger partial charge in [0.1, 0.15) is 0 Å². The van der Waals surface area contributed by atoms with Gasteiger partial charge in [0.25, 0.3) is 15.9 Å². The van der Waals surface area contributed by atoms with Crippen LogP contribution >= 0.6 is 0 Å². The molecule has 1 aromatic heterocycles. The molecule has 3 aromatic carbocycles. The summed E-state index contributed by atoms with van der Waals surface area (Å²) in [7, 11) is -3.88. The van der Waals surface area contributed by atoms with Crippen molar-refractivity contribution in [2.75, 3.05) is 0 Å². The summed E-state index contributed by atoms with van der Waals surface area (Å²) < 4.78 is 25.0. The first kappa shape index (κ1) is 16.3. The zero-order valence-corrected chi connectivity index (χ0v) is 14.4. The molecule has 0 saturated heterocycles. The van der Waals surface area contributed by atoms with E-state index in [-0.39, 0.29) is 4.90 Å². The number of aromatic nitrogens is 1. The minimum atomic E-state index is -3.88. The highest BCUT2D eigenvalue weighted by molar-refractivity contribution is 7.89. The van der Waals surface area contributed by atoms with Crippen LogP contribution in [0.5, 0.6) is 0 Å². The molecule has 0 fully saturated rings. The van der Waals surface area contributed by atoms with E-state index < -0.39 is 15.9 Å². The number of rotatable bonds is 4. The lowest BCUT2D eigenvalue weighted by Crippen LogP contribution is -2.41. The maximum Gasteiger partial charge on any atom is 0.268 e. The van der Waals surface area contributed by atoms with Crippen molar-refractivity contribution in [3.8, 4) is 0 Å². The first-order valence-electron chi connectivity index (χ1n) is 7.92. The van der Waals surface area contributed by atoms with E-state index in [0.29, 0.717) is 5.56 Å². The highest BCUT2D eigenvalue weighted by atomic mass is 32.2. The molecule has 0 aliphatic heterocycles. The van der Waals surface area contributed by atoms with E-state index in [1.165, 1.54) is 6.07 Å². The molecule has 0 spiro atoms. The van der Waals surface area contributed by atoms with Crippen molar-refractivity contribution in [3.05, 3.63) is 78.5 Å². The van der Waals surface area contributed by atoms with Gasteiger partial charge in [-0.25, -0.2) is 8.42 Å². The second kappa shape index (κ2) is 6.29. The van der Waals surface area contributed by atoms with Crippen molar-refractivity contribution in [2.45, 2.75) is 4.90 Å². The molecule has 7 heteroatoms. The van der Waals surface area contributed by atoms with Crippen molar-refractivity contribution < 1.29 is 13.2 Å². The first-order valence-corrected chi connectivity index (χ1v) is 9.40. The standard InChI is InChI=1S/C19H15N3O3S/c23-19(17-12-20-18-8-4-3-7-16(17)18)21-22-26(24,25)15-10-9-13-5-1-2-6-14(13)11-15/h1-12,20,22H,(H,21,23). The third kappa shape index (κ3) is 2.94. The van der Waals surface area contributed by atoms with Crippen LogP contribution in [-0.2, 0) is 10.0 Å². The fourth-order valence-corrected chi connectivity index (χ4v) is 3.71. The third-order valence-corrected chi connectivity index (χ3v) is 5.41. The summed E-state index contributed by atoms with van der Waals surface area (Å²) in [5.41, 5.74) is 3.43. The van der Waals surface area contributed by atoms with Crippen LogP contribution in [-0.4, -0.2) is 19.3 Å².